The Hall–Kier alpha value is -1.56. The van der Waals surface area contributed by atoms with E-state index in [2.05, 4.69) is 83.1 Å². The van der Waals surface area contributed by atoms with Crippen LogP contribution in [0.4, 0.5) is 0 Å². The number of rotatable bonds is 3. The molecule has 0 amide bonds. The summed E-state index contributed by atoms with van der Waals surface area (Å²) >= 11 is 0. The van der Waals surface area contributed by atoms with Gasteiger partial charge in [-0.05, 0) is 67.4 Å². The predicted molar refractivity (Wildman–Crippen MR) is 105 cm³/mol. The molecule has 0 aliphatic heterocycles. The van der Waals surface area contributed by atoms with Crippen LogP contribution < -0.4 is 0 Å². The first kappa shape index (κ1) is 17.3. The summed E-state index contributed by atoms with van der Waals surface area (Å²) in [5.74, 6) is 2.24. The van der Waals surface area contributed by atoms with Gasteiger partial charge in [0.25, 0.3) is 0 Å². The average Bonchev–Trinajstić information content (AvgIpc) is 2.56. The highest BCUT2D eigenvalue weighted by molar-refractivity contribution is 5.30. The van der Waals surface area contributed by atoms with Gasteiger partial charge in [-0.2, -0.15) is 0 Å². The average molecular weight is 321 g/mol. The summed E-state index contributed by atoms with van der Waals surface area (Å²) < 4.78 is 0. The molecule has 24 heavy (non-hydrogen) atoms. The highest BCUT2D eigenvalue weighted by Crippen LogP contribution is 2.47. The largest absolute Gasteiger partial charge is 0.0619 e. The van der Waals surface area contributed by atoms with E-state index in [9.17, 15) is 0 Å². The van der Waals surface area contributed by atoms with E-state index in [1.165, 1.54) is 41.5 Å². The van der Waals surface area contributed by atoms with Crippen molar-refractivity contribution in [2.24, 2.45) is 11.8 Å². The van der Waals surface area contributed by atoms with Crippen molar-refractivity contribution < 1.29 is 0 Å². The third-order valence-electron chi connectivity index (χ3n) is 6.52. The number of hydrogen-bond donors (Lipinski definition) is 0. The Kier molecular flexibility index (Phi) is 4.85. The molecule has 0 saturated heterocycles. The van der Waals surface area contributed by atoms with Crippen LogP contribution in [0.5, 0.6) is 0 Å². The minimum absolute atomic E-state index is 0.247. The van der Waals surface area contributed by atoms with E-state index in [1.54, 1.807) is 0 Å². The lowest BCUT2D eigenvalue weighted by Gasteiger charge is -2.43. The standard InChI is InChI=1S/C24H32/c1-17-6-11-20(12-7-17)23-16-22(15-10-19(23)3)24(4,5)21-13-8-18(2)9-14-21/h6-9,11-14,19,22-23H,10,15-16H2,1-5H3. The predicted octanol–water partition coefficient (Wildman–Crippen LogP) is 6.80. The molecule has 0 N–H and O–H groups in total. The maximum atomic E-state index is 2.45. The highest BCUT2D eigenvalue weighted by atomic mass is 14.4. The Balaban J connectivity index is 1.84. The van der Waals surface area contributed by atoms with Gasteiger partial charge in [-0.3, -0.25) is 0 Å². The summed E-state index contributed by atoms with van der Waals surface area (Å²) in [6.07, 6.45) is 4.01. The second-order valence-electron chi connectivity index (χ2n) is 8.59. The summed E-state index contributed by atoms with van der Waals surface area (Å²) in [5, 5.41) is 0. The monoisotopic (exact) mass is 320 g/mol. The molecule has 1 aliphatic carbocycles. The van der Waals surface area contributed by atoms with Crippen molar-refractivity contribution in [2.45, 2.75) is 65.2 Å². The molecule has 2 aromatic carbocycles. The van der Waals surface area contributed by atoms with Gasteiger partial charge in [-0.1, -0.05) is 80.4 Å². The topological polar surface area (TPSA) is 0 Å². The van der Waals surface area contributed by atoms with Gasteiger partial charge in [0.2, 0.25) is 0 Å². The smallest absolute Gasteiger partial charge is 0.00751 e. The summed E-state index contributed by atoms with van der Waals surface area (Å²) in [7, 11) is 0. The minimum Gasteiger partial charge on any atom is -0.0619 e. The molecule has 3 atom stereocenters. The van der Waals surface area contributed by atoms with E-state index in [0.29, 0.717) is 5.92 Å². The summed E-state index contributed by atoms with van der Waals surface area (Å²) in [6.45, 7) is 11.7. The van der Waals surface area contributed by atoms with Crippen molar-refractivity contribution in [1.82, 2.24) is 0 Å². The van der Waals surface area contributed by atoms with E-state index in [1.807, 2.05) is 0 Å². The molecule has 0 heteroatoms. The van der Waals surface area contributed by atoms with Crippen LogP contribution in [0, 0.1) is 25.7 Å². The van der Waals surface area contributed by atoms with Crippen molar-refractivity contribution in [2.75, 3.05) is 0 Å². The Morgan fingerprint density at radius 3 is 1.92 bits per heavy atom. The van der Waals surface area contributed by atoms with Crippen LogP contribution in [0.3, 0.4) is 0 Å². The molecule has 0 spiro atoms. The molecular formula is C24H32. The second-order valence-corrected chi connectivity index (χ2v) is 8.59. The lowest BCUT2D eigenvalue weighted by Crippen LogP contribution is -2.34. The molecule has 1 fully saturated rings. The van der Waals surface area contributed by atoms with Crippen molar-refractivity contribution in [1.29, 1.82) is 0 Å². The molecule has 0 aromatic heterocycles. The first-order valence-electron chi connectivity index (χ1n) is 9.51. The lowest BCUT2D eigenvalue weighted by molar-refractivity contribution is 0.177. The Morgan fingerprint density at radius 2 is 1.33 bits per heavy atom. The van der Waals surface area contributed by atoms with Gasteiger partial charge in [-0.15, -0.1) is 0 Å². The van der Waals surface area contributed by atoms with Crippen LogP contribution in [0.2, 0.25) is 0 Å². The van der Waals surface area contributed by atoms with Gasteiger partial charge >= 0.3 is 0 Å². The van der Waals surface area contributed by atoms with Crippen molar-refractivity contribution in [3.05, 3.63) is 70.8 Å². The van der Waals surface area contributed by atoms with Crippen LogP contribution >= 0.6 is 0 Å². The van der Waals surface area contributed by atoms with Gasteiger partial charge in [-0.25, -0.2) is 0 Å². The van der Waals surface area contributed by atoms with E-state index in [-0.39, 0.29) is 5.41 Å². The maximum Gasteiger partial charge on any atom is -0.00751 e. The zero-order valence-corrected chi connectivity index (χ0v) is 16.0. The van der Waals surface area contributed by atoms with Crippen LogP contribution in [0.1, 0.15) is 68.2 Å². The van der Waals surface area contributed by atoms with E-state index >= 15 is 0 Å². The fourth-order valence-corrected chi connectivity index (χ4v) is 4.47. The molecule has 2 aromatic rings. The van der Waals surface area contributed by atoms with Gasteiger partial charge in [0, 0.05) is 0 Å². The molecule has 0 heterocycles. The van der Waals surface area contributed by atoms with Gasteiger partial charge in [0.05, 0.1) is 0 Å². The van der Waals surface area contributed by atoms with Gasteiger partial charge < -0.3 is 0 Å². The van der Waals surface area contributed by atoms with Crippen LogP contribution in [0.25, 0.3) is 0 Å². The minimum atomic E-state index is 0.247. The van der Waals surface area contributed by atoms with Crippen LogP contribution in [-0.4, -0.2) is 0 Å². The number of benzene rings is 2. The SMILES string of the molecule is Cc1ccc(C2CC(C(C)(C)c3ccc(C)cc3)CCC2C)cc1. The zero-order chi connectivity index (χ0) is 17.3. The molecule has 128 valence electrons. The van der Waals surface area contributed by atoms with Crippen LogP contribution in [0.15, 0.2) is 48.5 Å². The molecule has 0 bridgehead atoms. The first-order chi connectivity index (χ1) is 11.4. The van der Waals surface area contributed by atoms with Crippen molar-refractivity contribution >= 4 is 0 Å². The normalized spacial score (nSPS) is 24.8. The summed E-state index contributed by atoms with van der Waals surface area (Å²) in [4.78, 5) is 0. The Morgan fingerprint density at radius 1 is 0.792 bits per heavy atom. The molecule has 3 rings (SSSR count). The van der Waals surface area contributed by atoms with E-state index < -0.39 is 0 Å². The quantitative estimate of drug-likeness (QED) is 0.583. The Labute approximate surface area is 148 Å². The molecule has 1 aliphatic rings. The zero-order valence-electron chi connectivity index (χ0n) is 16.0. The van der Waals surface area contributed by atoms with Crippen molar-refractivity contribution in [3.63, 3.8) is 0 Å². The molecular weight excluding hydrogens is 288 g/mol. The fourth-order valence-electron chi connectivity index (χ4n) is 4.47. The Bertz CT molecular complexity index is 660. The van der Waals surface area contributed by atoms with Gasteiger partial charge in [0.1, 0.15) is 0 Å². The van der Waals surface area contributed by atoms with Crippen molar-refractivity contribution in [3.8, 4) is 0 Å². The molecule has 0 radical (unpaired) electrons. The molecule has 1 saturated carbocycles. The summed E-state index contributed by atoms with van der Waals surface area (Å²) in [6, 6.07) is 18.5. The fraction of sp³-hybridized carbons (Fsp3) is 0.500. The highest BCUT2D eigenvalue weighted by Gasteiger charge is 2.38. The number of hydrogen-bond acceptors (Lipinski definition) is 0. The first-order valence-corrected chi connectivity index (χ1v) is 9.51. The van der Waals surface area contributed by atoms with E-state index in [4.69, 9.17) is 0 Å². The third-order valence-corrected chi connectivity index (χ3v) is 6.52. The molecule has 3 unspecified atom stereocenters. The van der Waals surface area contributed by atoms with Gasteiger partial charge in [0.15, 0.2) is 0 Å². The number of aryl methyl sites for hydroxylation is 2. The molecule has 0 nitrogen and oxygen atoms in total. The van der Waals surface area contributed by atoms with E-state index in [0.717, 1.165) is 11.8 Å². The van der Waals surface area contributed by atoms with Crippen LogP contribution in [-0.2, 0) is 5.41 Å². The maximum absolute atomic E-state index is 2.45. The second kappa shape index (κ2) is 6.75. The lowest BCUT2D eigenvalue weighted by atomic mass is 9.62. The summed E-state index contributed by atoms with van der Waals surface area (Å²) in [5.41, 5.74) is 5.99. The third kappa shape index (κ3) is 3.43.